The summed E-state index contributed by atoms with van der Waals surface area (Å²) in [4.78, 5) is 0. The highest BCUT2D eigenvalue weighted by Crippen LogP contribution is 2.21. The molecule has 0 saturated carbocycles. The second kappa shape index (κ2) is 2.67. The molecule has 0 aliphatic heterocycles. The van der Waals surface area contributed by atoms with Crippen molar-refractivity contribution in [3.05, 3.63) is 0 Å². The van der Waals surface area contributed by atoms with Crippen molar-refractivity contribution in [1.82, 2.24) is 0 Å². The molecule has 0 aliphatic carbocycles. The molecule has 0 aromatic heterocycles. The van der Waals surface area contributed by atoms with Gasteiger partial charge in [-0.05, 0) is 12.3 Å². The van der Waals surface area contributed by atoms with E-state index in [0.29, 0.717) is 0 Å². The molecule has 0 unspecified atom stereocenters. The molecular weight excluding hydrogens is 116 g/mol. The van der Waals surface area contributed by atoms with E-state index in [1.165, 1.54) is 0 Å². The first-order chi connectivity index (χ1) is 3.85. The van der Waals surface area contributed by atoms with Crippen molar-refractivity contribution in [3.8, 4) is 0 Å². The monoisotopic (exact) mass is 132 g/mol. The van der Waals surface area contributed by atoms with Crippen LogP contribution in [0.15, 0.2) is 0 Å². The quantitative estimate of drug-likeness (QED) is 0.553. The highest BCUT2D eigenvalue weighted by Gasteiger charge is 2.25. The third kappa shape index (κ3) is 2.82. The van der Waals surface area contributed by atoms with Gasteiger partial charge in [0, 0.05) is 0 Å². The van der Waals surface area contributed by atoms with Crippen LogP contribution in [0.3, 0.4) is 0 Å². The molecule has 0 spiro atoms. The largest absolute Gasteiger partial charge is 0.391 e. The van der Waals surface area contributed by atoms with Gasteiger partial charge < -0.3 is 10.2 Å². The maximum Gasteiger partial charge on any atom is 0.0844 e. The number of aliphatic hydroxyl groups is 2. The molecule has 2 atom stereocenters. The number of aliphatic hydroxyl groups excluding tert-OH is 2. The summed E-state index contributed by atoms with van der Waals surface area (Å²) in [5.74, 6) is 0. The van der Waals surface area contributed by atoms with E-state index in [9.17, 15) is 5.11 Å². The Balaban J connectivity index is 3.88. The Bertz CT molecular complexity index is 81.4. The fraction of sp³-hybridized carbons (Fsp3) is 1.00. The van der Waals surface area contributed by atoms with Gasteiger partial charge in [-0.2, -0.15) is 0 Å². The topological polar surface area (TPSA) is 40.5 Å². The van der Waals surface area contributed by atoms with Crippen molar-refractivity contribution in [2.75, 3.05) is 0 Å². The summed E-state index contributed by atoms with van der Waals surface area (Å²) < 4.78 is 0. The van der Waals surface area contributed by atoms with E-state index in [-0.39, 0.29) is 5.41 Å². The number of hydrogen-bond acceptors (Lipinski definition) is 2. The molecule has 0 fully saturated rings. The standard InChI is InChI=1S/C7H16O2/c1-5(8)6(9)7(2,3)4/h5-6,8-9H,1-4H3/t5-,6-/m0/s1. The third-order valence-corrected chi connectivity index (χ3v) is 1.34. The van der Waals surface area contributed by atoms with E-state index < -0.39 is 12.2 Å². The van der Waals surface area contributed by atoms with Crippen molar-refractivity contribution in [2.24, 2.45) is 5.41 Å². The van der Waals surface area contributed by atoms with Crippen LogP contribution in [0.4, 0.5) is 0 Å². The lowest BCUT2D eigenvalue weighted by Crippen LogP contribution is -2.35. The Morgan fingerprint density at radius 2 is 1.44 bits per heavy atom. The highest BCUT2D eigenvalue weighted by molar-refractivity contribution is 4.76. The lowest BCUT2D eigenvalue weighted by atomic mass is 9.86. The summed E-state index contributed by atoms with van der Waals surface area (Å²) in [5.41, 5.74) is -0.214. The van der Waals surface area contributed by atoms with E-state index in [0.717, 1.165) is 0 Å². The van der Waals surface area contributed by atoms with Crippen LogP contribution in [0.1, 0.15) is 27.7 Å². The molecule has 0 aromatic rings. The highest BCUT2D eigenvalue weighted by atomic mass is 16.3. The molecule has 9 heavy (non-hydrogen) atoms. The Morgan fingerprint density at radius 1 is 1.11 bits per heavy atom. The van der Waals surface area contributed by atoms with Gasteiger partial charge in [-0.25, -0.2) is 0 Å². The molecular formula is C7H16O2. The summed E-state index contributed by atoms with van der Waals surface area (Å²) in [6.07, 6.45) is -1.26. The van der Waals surface area contributed by atoms with Crippen LogP contribution in [-0.4, -0.2) is 22.4 Å². The predicted octanol–water partition coefficient (Wildman–Crippen LogP) is 0.774. The van der Waals surface area contributed by atoms with Crippen LogP contribution in [0, 0.1) is 5.41 Å². The maximum atomic E-state index is 9.21. The Morgan fingerprint density at radius 3 is 1.44 bits per heavy atom. The van der Waals surface area contributed by atoms with Crippen LogP contribution < -0.4 is 0 Å². The van der Waals surface area contributed by atoms with Crippen molar-refractivity contribution in [2.45, 2.75) is 39.9 Å². The molecule has 2 heteroatoms. The van der Waals surface area contributed by atoms with Crippen molar-refractivity contribution >= 4 is 0 Å². The second-order valence-electron chi connectivity index (χ2n) is 3.55. The van der Waals surface area contributed by atoms with Crippen LogP contribution in [0.5, 0.6) is 0 Å². The molecule has 0 bridgehead atoms. The molecule has 0 heterocycles. The zero-order valence-corrected chi connectivity index (χ0v) is 6.55. The van der Waals surface area contributed by atoms with E-state index in [1.807, 2.05) is 20.8 Å². The molecule has 0 rings (SSSR count). The minimum atomic E-state index is -0.634. The first kappa shape index (κ1) is 8.92. The van der Waals surface area contributed by atoms with E-state index in [2.05, 4.69) is 0 Å². The van der Waals surface area contributed by atoms with Gasteiger partial charge in [0.05, 0.1) is 12.2 Å². The Hall–Kier alpha value is -0.0800. The lowest BCUT2D eigenvalue weighted by Gasteiger charge is -2.27. The normalized spacial score (nSPS) is 19.3. The molecule has 0 aromatic carbocycles. The smallest absolute Gasteiger partial charge is 0.0844 e. The van der Waals surface area contributed by atoms with Crippen molar-refractivity contribution < 1.29 is 10.2 Å². The van der Waals surface area contributed by atoms with Crippen molar-refractivity contribution in [3.63, 3.8) is 0 Å². The molecule has 0 aliphatic rings. The molecule has 2 nitrogen and oxygen atoms in total. The maximum absolute atomic E-state index is 9.21. The van der Waals surface area contributed by atoms with E-state index >= 15 is 0 Å². The van der Waals surface area contributed by atoms with Gasteiger partial charge in [-0.1, -0.05) is 20.8 Å². The van der Waals surface area contributed by atoms with Gasteiger partial charge in [0.25, 0.3) is 0 Å². The average molecular weight is 132 g/mol. The second-order valence-corrected chi connectivity index (χ2v) is 3.55. The number of rotatable bonds is 1. The minimum absolute atomic E-state index is 0.214. The fourth-order valence-electron chi connectivity index (χ4n) is 0.724. The summed E-state index contributed by atoms with van der Waals surface area (Å²) >= 11 is 0. The lowest BCUT2D eigenvalue weighted by molar-refractivity contribution is -0.0350. The molecule has 56 valence electrons. The van der Waals surface area contributed by atoms with Gasteiger partial charge in [-0.15, -0.1) is 0 Å². The molecule has 0 saturated heterocycles. The average Bonchev–Trinajstić information content (AvgIpc) is 1.62. The van der Waals surface area contributed by atoms with Crippen LogP contribution in [0.25, 0.3) is 0 Å². The fourth-order valence-corrected chi connectivity index (χ4v) is 0.724. The van der Waals surface area contributed by atoms with E-state index in [4.69, 9.17) is 5.11 Å². The summed E-state index contributed by atoms with van der Waals surface area (Å²) in [6.45, 7) is 7.27. The van der Waals surface area contributed by atoms with Gasteiger partial charge in [0.15, 0.2) is 0 Å². The third-order valence-electron chi connectivity index (χ3n) is 1.34. The minimum Gasteiger partial charge on any atom is -0.391 e. The van der Waals surface area contributed by atoms with Gasteiger partial charge in [-0.3, -0.25) is 0 Å². The van der Waals surface area contributed by atoms with Crippen LogP contribution in [-0.2, 0) is 0 Å². The Labute approximate surface area is 56.5 Å². The molecule has 2 N–H and O–H groups in total. The zero-order valence-electron chi connectivity index (χ0n) is 6.55. The van der Waals surface area contributed by atoms with Crippen LogP contribution in [0.2, 0.25) is 0 Å². The van der Waals surface area contributed by atoms with Gasteiger partial charge in [0.2, 0.25) is 0 Å². The van der Waals surface area contributed by atoms with Gasteiger partial charge >= 0.3 is 0 Å². The summed E-state index contributed by atoms with van der Waals surface area (Å²) in [5, 5.41) is 18.1. The van der Waals surface area contributed by atoms with Gasteiger partial charge in [0.1, 0.15) is 0 Å². The Kier molecular flexibility index (Phi) is 2.65. The first-order valence-corrected chi connectivity index (χ1v) is 3.22. The van der Waals surface area contributed by atoms with Crippen molar-refractivity contribution in [1.29, 1.82) is 0 Å². The summed E-state index contributed by atoms with van der Waals surface area (Å²) in [6, 6.07) is 0. The van der Waals surface area contributed by atoms with E-state index in [1.54, 1.807) is 6.92 Å². The molecule has 0 radical (unpaired) electrons. The SMILES string of the molecule is C[C@H](O)[C@H](O)C(C)(C)C. The number of hydrogen-bond donors (Lipinski definition) is 2. The first-order valence-electron chi connectivity index (χ1n) is 3.22. The summed E-state index contributed by atoms with van der Waals surface area (Å²) in [7, 11) is 0. The molecule has 0 amide bonds. The van der Waals surface area contributed by atoms with Crippen LogP contribution >= 0.6 is 0 Å². The zero-order chi connectivity index (χ0) is 7.65. The predicted molar refractivity (Wildman–Crippen MR) is 37.1 cm³/mol.